The highest BCUT2D eigenvalue weighted by molar-refractivity contribution is 5.38. The molecule has 1 aromatic carbocycles. The minimum absolute atomic E-state index is 0.123. The molecule has 2 aliphatic heterocycles. The molecule has 1 unspecified atom stereocenters. The third kappa shape index (κ3) is 2.91. The van der Waals surface area contributed by atoms with Crippen LogP contribution < -0.4 is 5.32 Å². The number of piperidine rings is 2. The van der Waals surface area contributed by atoms with Crippen molar-refractivity contribution in [2.75, 3.05) is 26.2 Å². The van der Waals surface area contributed by atoms with E-state index in [-0.39, 0.29) is 11.5 Å². The normalized spacial score (nSPS) is 27.8. The van der Waals surface area contributed by atoms with Gasteiger partial charge in [0, 0.05) is 31.3 Å². The largest absolute Gasteiger partial charge is 0.508 e. The van der Waals surface area contributed by atoms with Crippen molar-refractivity contribution in [1.82, 2.24) is 10.2 Å². The fourth-order valence-corrected chi connectivity index (χ4v) is 3.75. The van der Waals surface area contributed by atoms with E-state index in [4.69, 9.17) is 0 Å². The Balaban J connectivity index is 1.68. The van der Waals surface area contributed by atoms with Crippen LogP contribution in [0.25, 0.3) is 0 Å². The van der Waals surface area contributed by atoms with Crippen molar-refractivity contribution in [3.63, 3.8) is 0 Å². The molecule has 0 bridgehead atoms. The molecular weight excluding hydrogens is 252 g/mol. The van der Waals surface area contributed by atoms with E-state index < -0.39 is 0 Å². The molecule has 2 heterocycles. The lowest BCUT2D eigenvalue weighted by molar-refractivity contribution is 0.0596. The van der Waals surface area contributed by atoms with E-state index in [1.165, 1.54) is 31.7 Å². The van der Waals surface area contributed by atoms with Crippen molar-refractivity contribution in [2.24, 2.45) is 5.41 Å². The Kier molecular flexibility index (Phi) is 3.85. The fourth-order valence-electron chi connectivity index (χ4n) is 3.75. The van der Waals surface area contributed by atoms with Crippen molar-refractivity contribution < 1.29 is 10.2 Å². The number of aromatic hydroxyl groups is 2. The first-order valence-electron chi connectivity index (χ1n) is 7.61. The predicted octanol–water partition coefficient (Wildman–Crippen LogP) is 2.06. The Morgan fingerprint density at radius 2 is 2.05 bits per heavy atom. The van der Waals surface area contributed by atoms with Crippen molar-refractivity contribution in [3.8, 4) is 11.5 Å². The van der Waals surface area contributed by atoms with Crippen LogP contribution in [0.2, 0.25) is 0 Å². The van der Waals surface area contributed by atoms with Crippen molar-refractivity contribution >= 4 is 0 Å². The third-order valence-electron chi connectivity index (χ3n) is 4.76. The highest BCUT2D eigenvalue weighted by Crippen LogP contribution is 2.37. The maximum absolute atomic E-state index is 9.92. The van der Waals surface area contributed by atoms with Gasteiger partial charge in [-0.1, -0.05) is 6.07 Å². The summed E-state index contributed by atoms with van der Waals surface area (Å²) in [5, 5.41) is 22.8. The molecule has 20 heavy (non-hydrogen) atoms. The molecule has 1 atom stereocenters. The molecule has 2 saturated heterocycles. The van der Waals surface area contributed by atoms with Gasteiger partial charge in [-0.3, -0.25) is 4.90 Å². The predicted molar refractivity (Wildman–Crippen MR) is 78.8 cm³/mol. The summed E-state index contributed by atoms with van der Waals surface area (Å²) in [4.78, 5) is 2.45. The number of phenols is 2. The van der Waals surface area contributed by atoms with Crippen LogP contribution in [0.1, 0.15) is 31.2 Å². The van der Waals surface area contributed by atoms with Gasteiger partial charge in [0.2, 0.25) is 0 Å². The minimum Gasteiger partial charge on any atom is -0.508 e. The van der Waals surface area contributed by atoms with Crippen molar-refractivity contribution in [2.45, 2.75) is 32.2 Å². The average Bonchev–Trinajstić information content (AvgIpc) is 2.43. The number of benzene rings is 1. The van der Waals surface area contributed by atoms with E-state index in [1.54, 1.807) is 6.07 Å². The molecule has 3 N–H and O–H groups in total. The molecule has 4 heteroatoms. The standard InChI is InChI=1S/C16H24N2O2/c19-14-4-3-13(15(20)9-14)10-18-8-2-6-16(12-18)5-1-7-17-11-16/h3-4,9,17,19-20H,1-2,5-8,10-12H2. The Morgan fingerprint density at radius 3 is 2.80 bits per heavy atom. The highest BCUT2D eigenvalue weighted by Gasteiger charge is 2.36. The number of phenolic OH excluding ortho intramolecular Hbond substituents is 2. The maximum Gasteiger partial charge on any atom is 0.123 e. The lowest BCUT2D eigenvalue weighted by atomic mass is 9.74. The molecule has 0 aromatic heterocycles. The van der Waals surface area contributed by atoms with Crippen LogP contribution >= 0.6 is 0 Å². The van der Waals surface area contributed by atoms with Crippen LogP contribution in [-0.4, -0.2) is 41.3 Å². The van der Waals surface area contributed by atoms with E-state index in [1.807, 2.05) is 6.07 Å². The summed E-state index contributed by atoms with van der Waals surface area (Å²) in [7, 11) is 0. The molecule has 2 fully saturated rings. The van der Waals surface area contributed by atoms with Crippen LogP contribution in [-0.2, 0) is 6.54 Å². The van der Waals surface area contributed by atoms with Gasteiger partial charge in [0.25, 0.3) is 0 Å². The van der Waals surface area contributed by atoms with Gasteiger partial charge >= 0.3 is 0 Å². The van der Waals surface area contributed by atoms with Gasteiger partial charge in [0.1, 0.15) is 11.5 Å². The highest BCUT2D eigenvalue weighted by atomic mass is 16.3. The molecule has 0 radical (unpaired) electrons. The van der Waals surface area contributed by atoms with Crippen LogP contribution in [0.15, 0.2) is 18.2 Å². The Morgan fingerprint density at radius 1 is 1.20 bits per heavy atom. The zero-order chi connectivity index (χ0) is 14.0. The van der Waals surface area contributed by atoms with Crippen LogP contribution in [0.4, 0.5) is 0 Å². The van der Waals surface area contributed by atoms with Gasteiger partial charge in [-0.25, -0.2) is 0 Å². The van der Waals surface area contributed by atoms with Crippen LogP contribution in [0.3, 0.4) is 0 Å². The Hall–Kier alpha value is -1.26. The second-order valence-corrected chi connectivity index (χ2v) is 6.41. The molecule has 110 valence electrons. The molecule has 0 aliphatic carbocycles. The van der Waals surface area contributed by atoms with E-state index in [0.29, 0.717) is 5.41 Å². The molecule has 1 aromatic rings. The third-order valence-corrected chi connectivity index (χ3v) is 4.76. The summed E-state index contributed by atoms with van der Waals surface area (Å²) >= 11 is 0. The molecule has 4 nitrogen and oxygen atoms in total. The van der Waals surface area contributed by atoms with Crippen molar-refractivity contribution in [3.05, 3.63) is 23.8 Å². The fraction of sp³-hybridized carbons (Fsp3) is 0.625. The molecule has 0 saturated carbocycles. The van der Waals surface area contributed by atoms with E-state index >= 15 is 0 Å². The molecule has 3 rings (SSSR count). The molecule has 2 aliphatic rings. The lowest BCUT2D eigenvalue weighted by Crippen LogP contribution is -2.50. The number of hydrogen-bond acceptors (Lipinski definition) is 4. The topological polar surface area (TPSA) is 55.7 Å². The maximum atomic E-state index is 9.92. The SMILES string of the molecule is Oc1ccc(CN2CCCC3(CCCNC3)C2)c(O)c1. The second kappa shape index (κ2) is 5.62. The number of nitrogens with zero attached hydrogens (tertiary/aromatic N) is 1. The lowest BCUT2D eigenvalue weighted by Gasteiger charge is -2.45. The van der Waals surface area contributed by atoms with Gasteiger partial charge in [-0.15, -0.1) is 0 Å². The zero-order valence-corrected chi connectivity index (χ0v) is 11.9. The van der Waals surface area contributed by atoms with E-state index in [9.17, 15) is 10.2 Å². The number of likely N-dealkylation sites (tertiary alicyclic amines) is 1. The quantitative estimate of drug-likeness (QED) is 0.774. The Labute approximate surface area is 120 Å². The van der Waals surface area contributed by atoms with E-state index in [0.717, 1.165) is 38.3 Å². The summed E-state index contributed by atoms with van der Waals surface area (Å²) in [6.07, 6.45) is 5.15. The first-order valence-corrected chi connectivity index (χ1v) is 7.61. The second-order valence-electron chi connectivity index (χ2n) is 6.41. The van der Waals surface area contributed by atoms with Crippen LogP contribution in [0, 0.1) is 5.41 Å². The van der Waals surface area contributed by atoms with Gasteiger partial charge in [0.05, 0.1) is 0 Å². The van der Waals surface area contributed by atoms with Gasteiger partial charge in [0.15, 0.2) is 0 Å². The average molecular weight is 276 g/mol. The minimum atomic E-state index is 0.123. The first-order chi connectivity index (χ1) is 9.67. The smallest absolute Gasteiger partial charge is 0.123 e. The molecule has 1 spiro atoms. The Bertz CT molecular complexity index is 464. The first kappa shape index (κ1) is 13.7. The summed E-state index contributed by atoms with van der Waals surface area (Å²) < 4.78 is 0. The van der Waals surface area contributed by atoms with Gasteiger partial charge < -0.3 is 15.5 Å². The zero-order valence-electron chi connectivity index (χ0n) is 11.9. The monoisotopic (exact) mass is 276 g/mol. The summed E-state index contributed by atoms with van der Waals surface area (Å²) in [5.41, 5.74) is 1.34. The summed E-state index contributed by atoms with van der Waals surface area (Å²) in [6.45, 7) is 5.27. The summed E-state index contributed by atoms with van der Waals surface area (Å²) in [6, 6.07) is 4.90. The number of nitrogens with one attached hydrogen (secondary N) is 1. The number of rotatable bonds is 2. The van der Waals surface area contributed by atoms with E-state index in [2.05, 4.69) is 10.2 Å². The van der Waals surface area contributed by atoms with Crippen molar-refractivity contribution in [1.29, 1.82) is 0 Å². The van der Waals surface area contributed by atoms with Gasteiger partial charge in [-0.05, 0) is 50.3 Å². The number of hydrogen-bond donors (Lipinski definition) is 3. The molecular formula is C16H24N2O2. The van der Waals surface area contributed by atoms with Crippen LogP contribution in [0.5, 0.6) is 11.5 Å². The summed E-state index contributed by atoms with van der Waals surface area (Å²) in [5.74, 6) is 0.323. The molecule has 0 amide bonds. The van der Waals surface area contributed by atoms with Gasteiger partial charge in [-0.2, -0.15) is 0 Å².